The summed E-state index contributed by atoms with van der Waals surface area (Å²) in [5.41, 5.74) is -0.339. The average Bonchev–Trinajstić information content (AvgIpc) is 2.69. The first kappa shape index (κ1) is 11.4. The van der Waals surface area contributed by atoms with Crippen molar-refractivity contribution in [2.75, 3.05) is 13.1 Å². The molecule has 0 radical (unpaired) electrons. The standard InChI is InChI=1S/C13H18FNO/c1-13(14,11-5-6-15-9-11)8-10-3-2-4-12(16)7-10/h2-4,7,11,15-16H,5-6,8-9H2,1H3. The number of alkyl halides is 1. The first-order chi connectivity index (χ1) is 7.58. The molecule has 16 heavy (non-hydrogen) atoms. The molecule has 0 spiro atoms. The average molecular weight is 223 g/mol. The molecule has 2 unspecified atom stereocenters. The van der Waals surface area contributed by atoms with Crippen LogP contribution in [0.1, 0.15) is 18.9 Å². The molecule has 1 aliphatic rings. The summed E-state index contributed by atoms with van der Waals surface area (Å²) in [5.74, 6) is 0.285. The van der Waals surface area contributed by atoms with E-state index in [0.29, 0.717) is 6.42 Å². The van der Waals surface area contributed by atoms with Crippen molar-refractivity contribution in [1.82, 2.24) is 5.32 Å². The van der Waals surface area contributed by atoms with Crippen molar-refractivity contribution in [3.8, 4) is 5.75 Å². The van der Waals surface area contributed by atoms with Gasteiger partial charge in [0.15, 0.2) is 0 Å². The van der Waals surface area contributed by atoms with Gasteiger partial charge in [-0.1, -0.05) is 12.1 Å². The van der Waals surface area contributed by atoms with Gasteiger partial charge in [-0.2, -0.15) is 0 Å². The Bertz CT molecular complexity index is 359. The van der Waals surface area contributed by atoms with E-state index in [9.17, 15) is 9.50 Å². The van der Waals surface area contributed by atoms with E-state index in [2.05, 4.69) is 5.32 Å². The molecule has 2 N–H and O–H groups in total. The highest BCUT2D eigenvalue weighted by molar-refractivity contribution is 5.28. The predicted molar refractivity (Wildman–Crippen MR) is 62.3 cm³/mol. The van der Waals surface area contributed by atoms with Crippen LogP contribution in [-0.4, -0.2) is 23.9 Å². The van der Waals surface area contributed by atoms with Crippen molar-refractivity contribution in [2.45, 2.75) is 25.4 Å². The summed E-state index contributed by atoms with van der Waals surface area (Å²) in [4.78, 5) is 0. The van der Waals surface area contributed by atoms with Crippen molar-refractivity contribution < 1.29 is 9.50 Å². The minimum Gasteiger partial charge on any atom is -0.508 e. The highest BCUT2D eigenvalue weighted by atomic mass is 19.1. The number of hydrogen-bond donors (Lipinski definition) is 2. The third kappa shape index (κ3) is 2.53. The zero-order chi connectivity index (χ0) is 11.6. The third-order valence-electron chi connectivity index (χ3n) is 3.37. The fourth-order valence-corrected chi connectivity index (χ4v) is 2.38. The van der Waals surface area contributed by atoms with E-state index in [0.717, 1.165) is 25.1 Å². The Balaban J connectivity index is 2.07. The lowest BCUT2D eigenvalue weighted by atomic mass is 9.85. The van der Waals surface area contributed by atoms with E-state index in [1.54, 1.807) is 25.1 Å². The van der Waals surface area contributed by atoms with Crippen LogP contribution in [0.15, 0.2) is 24.3 Å². The van der Waals surface area contributed by atoms with E-state index < -0.39 is 5.67 Å². The summed E-state index contributed by atoms with van der Waals surface area (Å²) >= 11 is 0. The van der Waals surface area contributed by atoms with Gasteiger partial charge in [0.2, 0.25) is 0 Å². The van der Waals surface area contributed by atoms with Crippen molar-refractivity contribution >= 4 is 0 Å². The van der Waals surface area contributed by atoms with Crippen LogP contribution in [-0.2, 0) is 6.42 Å². The van der Waals surface area contributed by atoms with Gasteiger partial charge >= 0.3 is 0 Å². The number of hydrogen-bond acceptors (Lipinski definition) is 2. The Labute approximate surface area is 95.5 Å². The summed E-state index contributed by atoms with van der Waals surface area (Å²) < 4.78 is 14.5. The maximum absolute atomic E-state index is 14.5. The van der Waals surface area contributed by atoms with Gasteiger partial charge in [0, 0.05) is 18.9 Å². The molecule has 2 atom stereocenters. The summed E-state index contributed by atoms with van der Waals surface area (Å²) in [5, 5.41) is 12.5. The number of phenols is 1. The van der Waals surface area contributed by atoms with Crippen LogP contribution in [0.25, 0.3) is 0 Å². The van der Waals surface area contributed by atoms with Crippen LogP contribution in [0.3, 0.4) is 0 Å². The molecule has 1 saturated heterocycles. The first-order valence-electron chi connectivity index (χ1n) is 5.75. The van der Waals surface area contributed by atoms with Crippen molar-refractivity contribution in [2.24, 2.45) is 5.92 Å². The van der Waals surface area contributed by atoms with Crippen LogP contribution in [0.4, 0.5) is 4.39 Å². The molecular weight excluding hydrogens is 205 g/mol. The molecular formula is C13H18FNO. The van der Waals surface area contributed by atoms with Gasteiger partial charge in [-0.25, -0.2) is 4.39 Å². The Morgan fingerprint density at radius 2 is 2.38 bits per heavy atom. The second-order valence-corrected chi connectivity index (χ2v) is 4.81. The fraction of sp³-hybridized carbons (Fsp3) is 0.538. The Hall–Kier alpha value is -1.09. The van der Waals surface area contributed by atoms with Gasteiger partial charge < -0.3 is 10.4 Å². The van der Waals surface area contributed by atoms with E-state index in [1.165, 1.54) is 0 Å². The zero-order valence-corrected chi connectivity index (χ0v) is 9.54. The number of aromatic hydroxyl groups is 1. The molecule has 0 aromatic heterocycles. The SMILES string of the molecule is CC(F)(Cc1cccc(O)c1)C1CCNC1. The van der Waals surface area contributed by atoms with E-state index in [4.69, 9.17) is 0 Å². The van der Waals surface area contributed by atoms with Crippen LogP contribution in [0.5, 0.6) is 5.75 Å². The first-order valence-corrected chi connectivity index (χ1v) is 5.75. The summed E-state index contributed by atoms with van der Waals surface area (Å²) in [6.07, 6.45) is 1.26. The summed E-state index contributed by atoms with van der Waals surface area (Å²) in [6.45, 7) is 3.32. The quantitative estimate of drug-likeness (QED) is 0.824. The van der Waals surface area contributed by atoms with Gasteiger partial charge in [-0.15, -0.1) is 0 Å². The minimum atomic E-state index is -1.20. The second kappa shape index (κ2) is 4.42. The summed E-state index contributed by atoms with van der Waals surface area (Å²) in [6, 6.07) is 6.87. The van der Waals surface area contributed by atoms with Crippen molar-refractivity contribution in [3.05, 3.63) is 29.8 Å². The maximum atomic E-state index is 14.5. The van der Waals surface area contributed by atoms with Crippen LogP contribution < -0.4 is 5.32 Å². The van der Waals surface area contributed by atoms with Gasteiger partial charge in [-0.05, 0) is 37.6 Å². The van der Waals surface area contributed by atoms with Crippen LogP contribution >= 0.6 is 0 Å². The molecule has 0 bridgehead atoms. The summed E-state index contributed by atoms with van der Waals surface area (Å²) in [7, 11) is 0. The molecule has 1 aliphatic heterocycles. The highest BCUT2D eigenvalue weighted by Gasteiger charge is 2.36. The highest BCUT2D eigenvalue weighted by Crippen LogP contribution is 2.31. The lowest BCUT2D eigenvalue weighted by Gasteiger charge is -2.26. The zero-order valence-electron chi connectivity index (χ0n) is 9.54. The molecule has 0 saturated carbocycles. The van der Waals surface area contributed by atoms with Crippen LogP contribution in [0.2, 0.25) is 0 Å². The monoisotopic (exact) mass is 223 g/mol. The topological polar surface area (TPSA) is 32.3 Å². The number of halogens is 1. The molecule has 1 fully saturated rings. The number of phenolic OH excluding ortho intramolecular Hbond substituents is 1. The molecule has 1 aromatic rings. The molecule has 0 aliphatic carbocycles. The Morgan fingerprint density at radius 1 is 1.56 bits per heavy atom. The molecule has 0 amide bonds. The van der Waals surface area contributed by atoms with Crippen molar-refractivity contribution in [1.29, 1.82) is 0 Å². The van der Waals surface area contributed by atoms with Gasteiger partial charge in [0.25, 0.3) is 0 Å². The van der Waals surface area contributed by atoms with Crippen LogP contribution in [0, 0.1) is 5.92 Å². The molecule has 1 aromatic carbocycles. The maximum Gasteiger partial charge on any atom is 0.116 e. The smallest absolute Gasteiger partial charge is 0.116 e. The fourth-order valence-electron chi connectivity index (χ4n) is 2.38. The van der Waals surface area contributed by atoms with Crippen molar-refractivity contribution in [3.63, 3.8) is 0 Å². The van der Waals surface area contributed by atoms with E-state index in [-0.39, 0.29) is 11.7 Å². The van der Waals surface area contributed by atoms with Gasteiger partial charge in [-0.3, -0.25) is 0 Å². The number of benzene rings is 1. The predicted octanol–water partition coefficient (Wildman–Crippen LogP) is 2.27. The lowest BCUT2D eigenvalue weighted by Crippen LogP contribution is -2.33. The molecule has 2 nitrogen and oxygen atoms in total. The van der Waals surface area contributed by atoms with Gasteiger partial charge in [0.1, 0.15) is 11.4 Å². The third-order valence-corrected chi connectivity index (χ3v) is 3.37. The lowest BCUT2D eigenvalue weighted by molar-refractivity contribution is 0.113. The Morgan fingerprint density at radius 3 is 3.00 bits per heavy atom. The number of nitrogens with one attached hydrogen (secondary N) is 1. The Kier molecular flexibility index (Phi) is 3.15. The normalized spacial score (nSPS) is 24.2. The van der Waals surface area contributed by atoms with E-state index >= 15 is 0 Å². The largest absolute Gasteiger partial charge is 0.508 e. The van der Waals surface area contributed by atoms with Gasteiger partial charge in [0.05, 0.1) is 0 Å². The molecule has 1 heterocycles. The molecule has 3 heteroatoms. The second-order valence-electron chi connectivity index (χ2n) is 4.81. The minimum absolute atomic E-state index is 0.0786. The van der Waals surface area contributed by atoms with E-state index in [1.807, 2.05) is 6.07 Å². The molecule has 88 valence electrons. The molecule has 2 rings (SSSR count). The number of rotatable bonds is 3.